The molecule has 0 saturated carbocycles. The molecule has 0 spiro atoms. The third-order valence-electron chi connectivity index (χ3n) is 2.52. The maximum Gasteiger partial charge on any atom is 0.163 e. The molecule has 0 aromatic heterocycles. The number of ketones is 1. The highest BCUT2D eigenvalue weighted by Crippen LogP contribution is 2.14. The molecule has 1 aromatic rings. The first-order chi connectivity index (χ1) is 7.89. The Kier molecular flexibility index (Phi) is 5.16. The molecule has 0 saturated heterocycles. The first-order valence-electron chi connectivity index (χ1n) is 5.75. The molecule has 0 N–H and O–H groups in total. The average molecular weight is 255 g/mol. The van der Waals surface area contributed by atoms with E-state index >= 15 is 0 Å². The van der Waals surface area contributed by atoms with E-state index in [-0.39, 0.29) is 17.8 Å². The molecule has 94 valence electrons. The Morgan fingerprint density at radius 1 is 1.24 bits per heavy atom. The molecule has 0 aliphatic carbocycles. The van der Waals surface area contributed by atoms with Gasteiger partial charge in [-0.2, -0.15) is 0 Å². The molecule has 0 unspecified atom stereocenters. The number of hydrogen-bond donors (Lipinski definition) is 0. The molecule has 0 heterocycles. The number of ether oxygens (including phenoxy) is 1. The highest BCUT2D eigenvalue weighted by molar-refractivity contribution is 6.30. The Bertz CT molecular complexity index is 363. The van der Waals surface area contributed by atoms with Crippen LogP contribution in [-0.4, -0.2) is 19.0 Å². The summed E-state index contributed by atoms with van der Waals surface area (Å²) in [6.07, 6.45) is 0.800. The Morgan fingerprint density at radius 3 is 2.35 bits per heavy atom. The Balaban J connectivity index is 2.25. The first kappa shape index (κ1) is 14.2. The van der Waals surface area contributed by atoms with Gasteiger partial charge in [-0.1, -0.05) is 44.5 Å². The number of halogens is 1. The highest BCUT2D eigenvalue weighted by atomic mass is 35.5. The summed E-state index contributed by atoms with van der Waals surface area (Å²) >= 11 is 5.79. The summed E-state index contributed by atoms with van der Waals surface area (Å²) in [6.45, 7) is 6.45. The van der Waals surface area contributed by atoms with Gasteiger partial charge >= 0.3 is 0 Å². The predicted molar refractivity (Wildman–Crippen MR) is 70.4 cm³/mol. The first-order valence-corrected chi connectivity index (χ1v) is 6.13. The Morgan fingerprint density at radius 2 is 1.82 bits per heavy atom. The zero-order valence-corrected chi connectivity index (χ0v) is 11.4. The van der Waals surface area contributed by atoms with Gasteiger partial charge in [0.05, 0.1) is 6.61 Å². The molecule has 0 fully saturated rings. The van der Waals surface area contributed by atoms with Gasteiger partial charge in [0.15, 0.2) is 5.78 Å². The fourth-order valence-corrected chi connectivity index (χ4v) is 1.35. The fourth-order valence-electron chi connectivity index (χ4n) is 1.22. The van der Waals surface area contributed by atoms with E-state index in [1.807, 2.05) is 45.0 Å². The average Bonchev–Trinajstić information content (AvgIpc) is 2.25. The zero-order chi connectivity index (χ0) is 12.9. The van der Waals surface area contributed by atoms with Crippen LogP contribution in [0.25, 0.3) is 0 Å². The second-order valence-electron chi connectivity index (χ2n) is 5.10. The molecular weight excluding hydrogens is 236 g/mol. The van der Waals surface area contributed by atoms with Crippen molar-refractivity contribution < 1.29 is 9.53 Å². The molecule has 0 atom stereocenters. The summed E-state index contributed by atoms with van der Waals surface area (Å²) < 4.78 is 5.37. The number of benzene rings is 1. The maximum atomic E-state index is 11.6. The van der Waals surface area contributed by atoms with Crippen LogP contribution < -0.4 is 0 Å². The SMILES string of the molecule is CC(C)(C)C(=O)COCCc1ccc(Cl)cc1. The Labute approximate surface area is 108 Å². The maximum absolute atomic E-state index is 11.6. The van der Waals surface area contributed by atoms with E-state index in [0.717, 1.165) is 17.0 Å². The van der Waals surface area contributed by atoms with Crippen LogP contribution in [0.1, 0.15) is 26.3 Å². The molecule has 0 radical (unpaired) electrons. The van der Waals surface area contributed by atoms with Gasteiger partial charge in [-0.15, -0.1) is 0 Å². The summed E-state index contributed by atoms with van der Waals surface area (Å²) in [5.41, 5.74) is 0.845. The predicted octanol–water partition coefficient (Wildman–Crippen LogP) is 3.51. The van der Waals surface area contributed by atoms with Crippen LogP contribution in [-0.2, 0) is 16.0 Å². The van der Waals surface area contributed by atoms with E-state index in [4.69, 9.17) is 16.3 Å². The van der Waals surface area contributed by atoms with Crippen LogP contribution in [0.3, 0.4) is 0 Å². The van der Waals surface area contributed by atoms with Gasteiger partial charge in [0.25, 0.3) is 0 Å². The summed E-state index contributed by atoms with van der Waals surface area (Å²) in [4.78, 5) is 11.6. The van der Waals surface area contributed by atoms with Crippen LogP contribution in [0.2, 0.25) is 5.02 Å². The minimum absolute atomic E-state index is 0.133. The van der Waals surface area contributed by atoms with Crippen molar-refractivity contribution in [3.63, 3.8) is 0 Å². The van der Waals surface area contributed by atoms with Crippen molar-refractivity contribution in [2.45, 2.75) is 27.2 Å². The van der Waals surface area contributed by atoms with Crippen molar-refractivity contribution in [1.29, 1.82) is 0 Å². The van der Waals surface area contributed by atoms with Gasteiger partial charge in [-0.05, 0) is 24.1 Å². The minimum atomic E-state index is -0.319. The number of carbonyl (C=O) groups is 1. The highest BCUT2D eigenvalue weighted by Gasteiger charge is 2.20. The molecule has 0 amide bonds. The lowest BCUT2D eigenvalue weighted by Crippen LogP contribution is -2.25. The number of hydrogen-bond acceptors (Lipinski definition) is 2. The normalized spacial score (nSPS) is 11.5. The lowest BCUT2D eigenvalue weighted by Gasteiger charge is -2.16. The van der Waals surface area contributed by atoms with Crippen molar-refractivity contribution in [2.75, 3.05) is 13.2 Å². The zero-order valence-electron chi connectivity index (χ0n) is 10.6. The van der Waals surface area contributed by atoms with E-state index in [1.54, 1.807) is 0 Å². The summed E-state index contributed by atoms with van der Waals surface area (Å²) in [5, 5.41) is 0.734. The molecule has 0 aliphatic rings. The lowest BCUT2D eigenvalue weighted by molar-refractivity contribution is -0.131. The van der Waals surface area contributed by atoms with Gasteiger partial charge in [-0.25, -0.2) is 0 Å². The minimum Gasteiger partial charge on any atom is -0.373 e. The fraction of sp³-hybridized carbons (Fsp3) is 0.500. The molecule has 17 heavy (non-hydrogen) atoms. The van der Waals surface area contributed by atoms with Gasteiger partial charge < -0.3 is 4.74 Å². The van der Waals surface area contributed by atoms with E-state index in [0.29, 0.717) is 6.61 Å². The van der Waals surface area contributed by atoms with Crippen LogP contribution in [0.4, 0.5) is 0 Å². The van der Waals surface area contributed by atoms with Crippen LogP contribution in [0, 0.1) is 5.41 Å². The van der Waals surface area contributed by atoms with Gasteiger partial charge in [-0.3, -0.25) is 4.79 Å². The molecule has 0 aliphatic heterocycles. The largest absolute Gasteiger partial charge is 0.373 e. The second kappa shape index (κ2) is 6.18. The standard InChI is InChI=1S/C14H19ClO2/c1-14(2,3)13(16)10-17-9-8-11-4-6-12(15)7-5-11/h4-7H,8-10H2,1-3H3. The summed E-state index contributed by atoms with van der Waals surface area (Å²) in [7, 11) is 0. The van der Waals surface area contributed by atoms with E-state index in [9.17, 15) is 4.79 Å². The van der Waals surface area contributed by atoms with Crippen LogP contribution in [0.5, 0.6) is 0 Å². The van der Waals surface area contributed by atoms with Crippen molar-refractivity contribution in [2.24, 2.45) is 5.41 Å². The van der Waals surface area contributed by atoms with E-state index < -0.39 is 0 Å². The van der Waals surface area contributed by atoms with Crippen molar-refractivity contribution >= 4 is 17.4 Å². The summed E-state index contributed by atoms with van der Waals surface area (Å²) in [5.74, 6) is 0.133. The molecule has 2 nitrogen and oxygen atoms in total. The van der Waals surface area contributed by atoms with Crippen molar-refractivity contribution in [3.05, 3.63) is 34.9 Å². The number of rotatable bonds is 5. The topological polar surface area (TPSA) is 26.3 Å². The molecule has 3 heteroatoms. The quantitative estimate of drug-likeness (QED) is 0.752. The second-order valence-corrected chi connectivity index (χ2v) is 5.54. The molecule has 1 rings (SSSR count). The van der Waals surface area contributed by atoms with E-state index in [2.05, 4.69) is 0 Å². The molecule has 1 aromatic carbocycles. The number of Topliss-reactive ketones (excluding diaryl/α,β-unsaturated/α-hetero) is 1. The third-order valence-corrected chi connectivity index (χ3v) is 2.77. The summed E-state index contributed by atoms with van der Waals surface area (Å²) in [6, 6.07) is 7.66. The molecule has 0 bridgehead atoms. The molecular formula is C14H19ClO2. The Hall–Kier alpha value is -0.860. The van der Waals surface area contributed by atoms with Crippen molar-refractivity contribution in [3.8, 4) is 0 Å². The van der Waals surface area contributed by atoms with Crippen LogP contribution in [0.15, 0.2) is 24.3 Å². The third kappa shape index (κ3) is 5.33. The lowest BCUT2D eigenvalue weighted by atomic mass is 9.91. The van der Waals surface area contributed by atoms with Crippen molar-refractivity contribution in [1.82, 2.24) is 0 Å². The van der Waals surface area contributed by atoms with Gasteiger partial charge in [0.1, 0.15) is 6.61 Å². The van der Waals surface area contributed by atoms with Crippen LogP contribution >= 0.6 is 11.6 Å². The number of carbonyl (C=O) groups excluding carboxylic acids is 1. The monoisotopic (exact) mass is 254 g/mol. The smallest absolute Gasteiger partial charge is 0.163 e. The van der Waals surface area contributed by atoms with Gasteiger partial charge in [0.2, 0.25) is 0 Å². The van der Waals surface area contributed by atoms with Gasteiger partial charge in [0, 0.05) is 10.4 Å². The van der Waals surface area contributed by atoms with E-state index in [1.165, 1.54) is 0 Å².